The van der Waals surface area contributed by atoms with Crippen LogP contribution < -0.4 is 11.0 Å². The molecule has 0 bridgehead atoms. The number of Topliss-reactive ketones (excluding diaryl/α,β-unsaturated/α-hetero) is 1. The van der Waals surface area contributed by atoms with E-state index < -0.39 is 29.7 Å². The Labute approximate surface area is 215 Å². The van der Waals surface area contributed by atoms with Crippen LogP contribution in [0.5, 0.6) is 0 Å². The number of nitrogens with zero attached hydrogens (tertiary/aromatic N) is 7. The van der Waals surface area contributed by atoms with E-state index in [0.29, 0.717) is 10.9 Å². The maximum absolute atomic E-state index is 14.4. The van der Waals surface area contributed by atoms with E-state index in [4.69, 9.17) is 0 Å². The van der Waals surface area contributed by atoms with E-state index in [1.165, 1.54) is 30.9 Å². The molecule has 4 aromatic rings. The standard InChI is InChI=1S/C25H23FN8O4/c1-14(35)23-18-9-15(16-5-8-28-29-11-16)3-4-19(18)34(31-23)13-22(36)33-12-17(26)10-20(33)24(37)30-21-6-7-27-25(38)32(21)2/h3-9,11,17,20H,10,12-13H2,1-2H3,(H,30,37)/t17-,20+/m1/s1. The lowest BCUT2D eigenvalue weighted by molar-refractivity contribution is -0.137. The zero-order chi connectivity index (χ0) is 27.0. The van der Waals surface area contributed by atoms with Crippen LogP contribution in [0.2, 0.25) is 0 Å². The van der Waals surface area contributed by atoms with Gasteiger partial charge < -0.3 is 10.2 Å². The summed E-state index contributed by atoms with van der Waals surface area (Å²) in [5, 5.41) is 15.1. The van der Waals surface area contributed by atoms with Gasteiger partial charge >= 0.3 is 5.69 Å². The molecule has 2 atom stereocenters. The van der Waals surface area contributed by atoms with Crippen LogP contribution in [0.4, 0.5) is 10.2 Å². The summed E-state index contributed by atoms with van der Waals surface area (Å²) in [4.78, 5) is 55.2. The lowest BCUT2D eigenvalue weighted by atomic mass is 10.0. The number of nitrogens with one attached hydrogen (secondary N) is 1. The number of alkyl halides is 1. The number of hydrogen-bond acceptors (Lipinski definition) is 8. The maximum atomic E-state index is 14.4. The highest BCUT2D eigenvalue weighted by Crippen LogP contribution is 2.28. The Morgan fingerprint density at radius 3 is 2.66 bits per heavy atom. The van der Waals surface area contributed by atoms with E-state index in [1.807, 2.05) is 6.07 Å². The van der Waals surface area contributed by atoms with Crippen molar-refractivity contribution in [2.75, 3.05) is 11.9 Å². The number of hydrogen-bond donors (Lipinski definition) is 1. The zero-order valence-corrected chi connectivity index (χ0v) is 20.5. The van der Waals surface area contributed by atoms with Gasteiger partial charge in [0.05, 0.1) is 24.5 Å². The lowest BCUT2D eigenvalue weighted by Crippen LogP contribution is -2.45. The molecule has 1 aliphatic rings. The number of carbonyl (C=O) groups excluding carboxylic acids is 3. The molecular weight excluding hydrogens is 495 g/mol. The summed E-state index contributed by atoms with van der Waals surface area (Å²) in [6.45, 7) is 0.823. The van der Waals surface area contributed by atoms with Crippen molar-refractivity contribution < 1.29 is 18.8 Å². The summed E-state index contributed by atoms with van der Waals surface area (Å²) < 4.78 is 16.9. The third-order valence-corrected chi connectivity index (χ3v) is 6.48. The molecule has 1 saturated heterocycles. The Morgan fingerprint density at radius 1 is 1.11 bits per heavy atom. The molecule has 1 N–H and O–H groups in total. The van der Waals surface area contributed by atoms with Crippen LogP contribution in [0.15, 0.2) is 53.7 Å². The topological polar surface area (TPSA) is 145 Å². The van der Waals surface area contributed by atoms with Gasteiger partial charge in [-0.05, 0) is 29.8 Å². The predicted molar refractivity (Wildman–Crippen MR) is 134 cm³/mol. The summed E-state index contributed by atoms with van der Waals surface area (Å²) in [6.07, 6.45) is 2.83. The average molecular weight is 519 g/mol. The number of fused-ring (bicyclic) bond motifs is 1. The van der Waals surface area contributed by atoms with Crippen molar-refractivity contribution >= 4 is 34.3 Å². The van der Waals surface area contributed by atoms with Crippen molar-refractivity contribution in [3.63, 3.8) is 0 Å². The predicted octanol–water partition coefficient (Wildman–Crippen LogP) is 1.37. The second-order valence-electron chi connectivity index (χ2n) is 8.98. The smallest absolute Gasteiger partial charge is 0.326 e. The Kier molecular flexibility index (Phi) is 6.49. The Hall–Kier alpha value is -4.81. The summed E-state index contributed by atoms with van der Waals surface area (Å²) >= 11 is 0. The quantitative estimate of drug-likeness (QED) is 0.377. The third-order valence-electron chi connectivity index (χ3n) is 6.48. The van der Waals surface area contributed by atoms with Gasteiger partial charge in [-0.25, -0.2) is 14.2 Å². The number of carbonyl (C=O) groups is 3. The van der Waals surface area contributed by atoms with Crippen LogP contribution in [0.1, 0.15) is 23.8 Å². The number of ketones is 1. The average Bonchev–Trinajstić information content (AvgIpc) is 3.48. The molecule has 12 nitrogen and oxygen atoms in total. The van der Waals surface area contributed by atoms with Crippen molar-refractivity contribution in [2.45, 2.75) is 32.1 Å². The molecule has 1 aliphatic heterocycles. The number of anilines is 1. The van der Waals surface area contributed by atoms with Crippen LogP contribution >= 0.6 is 0 Å². The highest BCUT2D eigenvalue weighted by atomic mass is 19.1. The molecule has 3 aromatic heterocycles. The molecule has 1 aromatic carbocycles. The van der Waals surface area contributed by atoms with Gasteiger partial charge in [-0.1, -0.05) is 6.07 Å². The molecule has 2 amide bonds. The Morgan fingerprint density at radius 2 is 1.92 bits per heavy atom. The summed E-state index contributed by atoms with van der Waals surface area (Å²) in [6, 6.07) is 7.48. The zero-order valence-electron chi connectivity index (χ0n) is 20.5. The normalized spacial score (nSPS) is 17.1. The number of likely N-dealkylation sites (tertiary alicyclic amines) is 1. The molecule has 4 heterocycles. The van der Waals surface area contributed by atoms with Gasteiger partial charge in [-0.15, -0.1) is 0 Å². The molecule has 0 saturated carbocycles. The van der Waals surface area contributed by atoms with Crippen molar-refractivity contribution in [1.82, 2.24) is 34.4 Å². The molecule has 5 rings (SSSR count). The largest absolute Gasteiger partial charge is 0.348 e. The van der Waals surface area contributed by atoms with E-state index in [2.05, 4.69) is 25.6 Å². The Bertz CT molecular complexity index is 1620. The molecule has 1 fully saturated rings. The van der Waals surface area contributed by atoms with Gasteiger partial charge in [0.15, 0.2) is 5.78 Å². The summed E-state index contributed by atoms with van der Waals surface area (Å²) in [7, 11) is 1.44. The van der Waals surface area contributed by atoms with Crippen LogP contribution in [-0.4, -0.2) is 70.8 Å². The SMILES string of the molecule is CC(=O)c1nn(CC(=O)N2C[C@H](F)C[C@H]2C(=O)Nc2ccnc(=O)n2C)c2ccc(-c3ccnnc3)cc12. The van der Waals surface area contributed by atoms with E-state index >= 15 is 0 Å². The molecule has 0 radical (unpaired) electrons. The number of rotatable bonds is 6. The number of amides is 2. The summed E-state index contributed by atoms with van der Waals surface area (Å²) in [5.41, 5.74) is 1.75. The molecule has 0 spiro atoms. The summed E-state index contributed by atoms with van der Waals surface area (Å²) in [5.74, 6) is -1.26. The first-order valence-electron chi connectivity index (χ1n) is 11.8. The van der Waals surface area contributed by atoms with Gasteiger partial charge in [0.2, 0.25) is 11.8 Å². The number of aromatic nitrogens is 6. The fourth-order valence-electron chi connectivity index (χ4n) is 4.54. The fourth-order valence-corrected chi connectivity index (χ4v) is 4.54. The minimum Gasteiger partial charge on any atom is -0.326 e. The first-order valence-corrected chi connectivity index (χ1v) is 11.8. The van der Waals surface area contributed by atoms with Crippen LogP contribution in [-0.2, 0) is 23.2 Å². The van der Waals surface area contributed by atoms with Crippen LogP contribution in [0.3, 0.4) is 0 Å². The molecule has 13 heteroatoms. The molecule has 194 valence electrons. The molecular formula is C25H23FN8O4. The van der Waals surface area contributed by atoms with E-state index in [-0.39, 0.29) is 36.8 Å². The first-order chi connectivity index (χ1) is 18.2. The van der Waals surface area contributed by atoms with Gasteiger partial charge in [0.1, 0.15) is 30.3 Å². The number of halogens is 1. The van der Waals surface area contributed by atoms with Crippen molar-refractivity contribution in [3.05, 3.63) is 65.1 Å². The minimum atomic E-state index is -1.39. The van der Waals surface area contributed by atoms with E-state index in [1.54, 1.807) is 30.6 Å². The van der Waals surface area contributed by atoms with Gasteiger partial charge in [0, 0.05) is 37.5 Å². The van der Waals surface area contributed by atoms with Crippen LogP contribution in [0.25, 0.3) is 22.0 Å². The third kappa shape index (κ3) is 4.65. The van der Waals surface area contributed by atoms with Gasteiger partial charge in [-0.3, -0.25) is 23.6 Å². The maximum Gasteiger partial charge on any atom is 0.348 e. The van der Waals surface area contributed by atoms with E-state index in [0.717, 1.165) is 20.6 Å². The van der Waals surface area contributed by atoms with Gasteiger partial charge in [0.25, 0.3) is 0 Å². The number of benzene rings is 1. The van der Waals surface area contributed by atoms with Crippen molar-refractivity contribution in [2.24, 2.45) is 7.05 Å². The Balaban J connectivity index is 1.41. The first kappa shape index (κ1) is 24.9. The molecule has 0 unspecified atom stereocenters. The van der Waals surface area contributed by atoms with Crippen molar-refractivity contribution in [1.29, 1.82) is 0 Å². The second-order valence-corrected chi connectivity index (χ2v) is 8.98. The molecule has 38 heavy (non-hydrogen) atoms. The van der Waals surface area contributed by atoms with E-state index in [9.17, 15) is 23.6 Å². The fraction of sp³-hybridized carbons (Fsp3) is 0.280. The van der Waals surface area contributed by atoms with Crippen molar-refractivity contribution in [3.8, 4) is 11.1 Å². The molecule has 0 aliphatic carbocycles. The second kappa shape index (κ2) is 9.92. The van der Waals surface area contributed by atoms with Crippen LogP contribution in [0, 0.1) is 0 Å². The highest BCUT2D eigenvalue weighted by molar-refractivity contribution is 6.06. The minimum absolute atomic E-state index is 0.175. The highest BCUT2D eigenvalue weighted by Gasteiger charge is 2.40. The lowest BCUT2D eigenvalue weighted by Gasteiger charge is -2.24. The monoisotopic (exact) mass is 518 g/mol. The van der Waals surface area contributed by atoms with Gasteiger partial charge in [-0.2, -0.15) is 15.3 Å².